The summed E-state index contributed by atoms with van der Waals surface area (Å²) in [5.74, 6) is -0.734. The number of aliphatic carboxylic acids is 1. The van der Waals surface area contributed by atoms with E-state index in [-0.39, 0.29) is 33.2 Å². The number of carbonyl (C=O) groups is 2. The van der Waals surface area contributed by atoms with Crippen molar-refractivity contribution in [2.45, 2.75) is 86.5 Å². The third-order valence-electron chi connectivity index (χ3n) is 11.4. The molecular weight excluding hydrogens is 412 g/mol. The first-order chi connectivity index (χ1) is 15.2. The molecule has 3 saturated carbocycles. The summed E-state index contributed by atoms with van der Waals surface area (Å²) in [5.41, 5.74) is 3.33. The molecule has 4 heteroatoms. The Morgan fingerprint density at radius 3 is 2.30 bits per heavy atom. The molecule has 0 bridgehead atoms. The van der Waals surface area contributed by atoms with Gasteiger partial charge in [-0.1, -0.05) is 45.4 Å². The van der Waals surface area contributed by atoms with Gasteiger partial charge in [-0.05, 0) is 98.2 Å². The van der Waals surface area contributed by atoms with Crippen LogP contribution in [0.25, 0.3) is 0 Å². The molecule has 0 aromatic carbocycles. The Bertz CT molecular complexity index is 1100. The first-order valence-corrected chi connectivity index (χ1v) is 12.6. The summed E-state index contributed by atoms with van der Waals surface area (Å²) in [6, 6.07) is 0. The molecule has 0 heterocycles. The van der Waals surface area contributed by atoms with Gasteiger partial charge >= 0.3 is 5.97 Å². The second kappa shape index (κ2) is 6.52. The van der Waals surface area contributed by atoms with Crippen LogP contribution in [-0.4, -0.2) is 22.0 Å². The van der Waals surface area contributed by atoms with Crippen molar-refractivity contribution < 1.29 is 19.8 Å². The third-order valence-corrected chi connectivity index (χ3v) is 11.4. The summed E-state index contributed by atoms with van der Waals surface area (Å²) in [7, 11) is 0. The molecule has 178 valence electrons. The smallest absolute Gasteiger partial charge is 0.309 e. The fourth-order valence-electron chi connectivity index (χ4n) is 8.65. The van der Waals surface area contributed by atoms with E-state index in [9.17, 15) is 19.8 Å². The summed E-state index contributed by atoms with van der Waals surface area (Å²) in [6.45, 7) is 13.3. The molecule has 0 amide bonds. The van der Waals surface area contributed by atoms with Gasteiger partial charge in [0.1, 0.15) is 0 Å². The van der Waals surface area contributed by atoms with Crippen LogP contribution in [0.5, 0.6) is 0 Å². The highest BCUT2D eigenvalue weighted by Crippen LogP contribution is 2.75. The lowest BCUT2D eigenvalue weighted by molar-refractivity contribution is -0.178. The van der Waals surface area contributed by atoms with Crippen LogP contribution in [0.2, 0.25) is 0 Å². The Morgan fingerprint density at radius 1 is 0.970 bits per heavy atom. The van der Waals surface area contributed by atoms with Gasteiger partial charge in [-0.2, -0.15) is 0 Å². The van der Waals surface area contributed by atoms with Crippen molar-refractivity contribution >= 4 is 11.8 Å². The lowest BCUT2D eigenvalue weighted by Gasteiger charge is -2.70. The van der Waals surface area contributed by atoms with Crippen LogP contribution in [0.3, 0.4) is 0 Å². The maximum Gasteiger partial charge on any atom is 0.309 e. The SMILES string of the molecule is CC1=C(O)C(=O)C=C2C1=CC=C1[C@@]2(C)CC[C@@]2(C)[C@H]3C[C@](C)(C(=O)O)CC[C@]3(C)CC[C@]12C. The molecule has 0 unspecified atom stereocenters. The number of aliphatic hydroxyl groups is 1. The Hall–Kier alpha value is -2.10. The van der Waals surface area contributed by atoms with Crippen LogP contribution >= 0.6 is 0 Å². The van der Waals surface area contributed by atoms with Gasteiger partial charge < -0.3 is 10.2 Å². The number of hydrogen-bond donors (Lipinski definition) is 2. The van der Waals surface area contributed by atoms with E-state index < -0.39 is 11.4 Å². The molecule has 0 spiro atoms. The van der Waals surface area contributed by atoms with E-state index in [0.717, 1.165) is 56.1 Å². The Balaban J connectivity index is 1.64. The van der Waals surface area contributed by atoms with Gasteiger partial charge in [0.05, 0.1) is 5.41 Å². The molecule has 4 nitrogen and oxygen atoms in total. The first-order valence-electron chi connectivity index (χ1n) is 12.6. The third kappa shape index (κ3) is 2.64. The molecule has 0 radical (unpaired) electrons. The Labute approximate surface area is 197 Å². The molecule has 6 atom stereocenters. The van der Waals surface area contributed by atoms with Crippen molar-refractivity contribution in [1.82, 2.24) is 0 Å². The van der Waals surface area contributed by atoms with Crippen LogP contribution in [0.4, 0.5) is 0 Å². The van der Waals surface area contributed by atoms with Crippen molar-refractivity contribution in [1.29, 1.82) is 0 Å². The molecule has 3 fully saturated rings. The number of carboxylic acid groups (broad SMARTS) is 1. The molecule has 5 aliphatic carbocycles. The molecule has 2 N–H and O–H groups in total. The van der Waals surface area contributed by atoms with Crippen LogP contribution in [0.1, 0.15) is 86.5 Å². The zero-order valence-corrected chi connectivity index (χ0v) is 21.0. The second-order valence-electron chi connectivity index (χ2n) is 12.9. The number of fused-ring (bicyclic) bond motifs is 7. The maximum absolute atomic E-state index is 12.6. The number of hydrogen-bond acceptors (Lipinski definition) is 3. The molecular formula is C29H38O4. The minimum absolute atomic E-state index is 0.0000746. The zero-order chi connectivity index (χ0) is 24.2. The van der Waals surface area contributed by atoms with Crippen molar-refractivity contribution in [3.05, 3.63) is 46.3 Å². The summed E-state index contributed by atoms with van der Waals surface area (Å²) >= 11 is 0. The first kappa shape index (κ1) is 22.7. The van der Waals surface area contributed by atoms with Crippen molar-refractivity contribution in [3.8, 4) is 0 Å². The minimum Gasteiger partial charge on any atom is -0.504 e. The molecule has 5 rings (SSSR count). The monoisotopic (exact) mass is 450 g/mol. The summed E-state index contributed by atoms with van der Waals surface area (Å²) < 4.78 is 0. The standard InChI is InChI=1S/C29H38O4/c1-17-18-7-8-21-27(4,19(18)15-20(30)23(17)31)12-14-29(6)22-16-26(3,24(32)33)10-9-25(22,2)11-13-28(21,29)5/h7-8,15,22,31H,9-14,16H2,1-6H3,(H,32,33)/t22-,25+,26+,27-,28+,29-/m0/s1. The number of carboxylic acids is 1. The number of carbonyl (C=O) groups excluding carboxylic acids is 1. The molecule has 5 aliphatic rings. The van der Waals surface area contributed by atoms with Crippen LogP contribution in [0, 0.1) is 33.0 Å². The van der Waals surface area contributed by atoms with E-state index in [4.69, 9.17) is 0 Å². The maximum atomic E-state index is 12.6. The van der Waals surface area contributed by atoms with Crippen molar-refractivity contribution in [3.63, 3.8) is 0 Å². The van der Waals surface area contributed by atoms with E-state index in [0.29, 0.717) is 11.5 Å². The molecule has 0 saturated heterocycles. The molecule has 0 aliphatic heterocycles. The average Bonchev–Trinajstić information content (AvgIpc) is 2.75. The molecule has 0 aromatic rings. The van der Waals surface area contributed by atoms with E-state index in [1.807, 2.05) is 13.8 Å². The topological polar surface area (TPSA) is 74.6 Å². The lowest BCUT2D eigenvalue weighted by Crippen LogP contribution is -2.62. The van der Waals surface area contributed by atoms with Crippen molar-refractivity contribution in [2.24, 2.45) is 33.0 Å². The zero-order valence-electron chi connectivity index (χ0n) is 21.0. The highest BCUT2D eigenvalue weighted by molar-refractivity contribution is 6.06. The average molecular weight is 451 g/mol. The number of ketones is 1. The Kier molecular flexibility index (Phi) is 4.48. The lowest BCUT2D eigenvalue weighted by atomic mass is 9.34. The highest BCUT2D eigenvalue weighted by Gasteiger charge is 2.67. The van der Waals surface area contributed by atoms with E-state index in [1.54, 1.807) is 6.08 Å². The number of rotatable bonds is 1. The largest absolute Gasteiger partial charge is 0.504 e. The van der Waals surface area contributed by atoms with E-state index in [2.05, 4.69) is 39.8 Å². The van der Waals surface area contributed by atoms with Crippen LogP contribution in [-0.2, 0) is 9.59 Å². The predicted molar refractivity (Wildman–Crippen MR) is 129 cm³/mol. The predicted octanol–water partition coefficient (Wildman–Crippen LogP) is 6.70. The second-order valence-corrected chi connectivity index (χ2v) is 12.9. The van der Waals surface area contributed by atoms with Gasteiger partial charge in [0.25, 0.3) is 0 Å². The fraction of sp³-hybridized carbons (Fsp3) is 0.655. The molecule has 33 heavy (non-hydrogen) atoms. The van der Waals surface area contributed by atoms with Crippen LogP contribution in [0.15, 0.2) is 46.3 Å². The Morgan fingerprint density at radius 2 is 1.64 bits per heavy atom. The number of allylic oxidation sites excluding steroid dienone is 7. The summed E-state index contributed by atoms with van der Waals surface area (Å²) in [4.78, 5) is 24.8. The van der Waals surface area contributed by atoms with E-state index in [1.165, 1.54) is 5.57 Å². The van der Waals surface area contributed by atoms with E-state index >= 15 is 0 Å². The van der Waals surface area contributed by atoms with Gasteiger partial charge in [-0.15, -0.1) is 0 Å². The van der Waals surface area contributed by atoms with Crippen LogP contribution < -0.4 is 0 Å². The van der Waals surface area contributed by atoms with Gasteiger partial charge in [0.15, 0.2) is 5.76 Å². The van der Waals surface area contributed by atoms with Gasteiger partial charge in [0, 0.05) is 11.0 Å². The van der Waals surface area contributed by atoms with Crippen molar-refractivity contribution in [2.75, 3.05) is 0 Å². The summed E-state index contributed by atoms with van der Waals surface area (Å²) in [5, 5.41) is 20.3. The normalized spacial score (nSPS) is 46.8. The van der Waals surface area contributed by atoms with Gasteiger partial charge in [-0.3, -0.25) is 9.59 Å². The highest BCUT2D eigenvalue weighted by atomic mass is 16.4. The minimum atomic E-state index is -0.655. The fourth-order valence-corrected chi connectivity index (χ4v) is 8.65. The summed E-state index contributed by atoms with van der Waals surface area (Å²) in [6.07, 6.45) is 12.7. The number of aliphatic hydroxyl groups excluding tert-OH is 1. The van der Waals surface area contributed by atoms with Gasteiger partial charge in [-0.25, -0.2) is 0 Å². The molecule has 0 aromatic heterocycles. The van der Waals surface area contributed by atoms with Gasteiger partial charge in [0.2, 0.25) is 5.78 Å². The quantitative estimate of drug-likeness (QED) is 0.466.